The molecule has 2 heterocycles. The first-order chi connectivity index (χ1) is 9.22. The molecule has 0 amide bonds. The number of anilines is 2. The Hall–Kier alpha value is -1.01. The number of aromatic nitrogens is 2. The zero-order valence-electron chi connectivity index (χ0n) is 11.9. The summed E-state index contributed by atoms with van der Waals surface area (Å²) in [6.07, 6.45) is 4.56. The summed E-state index contributed by atoms with van der Waals surface area (Å²) in [5.41, 5.74) is 0. The molecule has 1 atom stereocenters. The molecule has 1 aromatic rings. The largest absolute Gasteiger partial charge is 0.370 e. The molecule has 1 aromatic heterocycles. The van der Waals surface area contributed by atoms with Crippen molar-refractivity contribution < 1.29 is 0 Å². The number of likely N-dealkylation sites (N-methyl/N-ethyl adjacent to an activating group) is 1. The van der Waals surface area contributed by atoms with Gasteiger partial charge in [0.2, 0.25) is 0 Å². The second-order valence-corrected chi connectivity index (χ2v) is 5.59. The molecule has 106 valence electrons. The van der Waals surface area contributed by atoms with Gasteiger partial charge < -0.3 is 15.5 Å². The number of hydrogen-bond acceptors (Lipinski definition) is 6. The van der Waals surface area contributed by atoms with E-state index in [0.29, 0.717) is 6.04 Å². The Bertz CT molecular complexity index is 412. The van der Waals surface area contributed by atoms with Crippen LogP contribution in [0, 0.1) is 0 Å². The van der Waals surface area contributed by atoms with Crippen LogP contribution >= 0.6 is 11.8 Å². The number of rotatable bonds is 6. The van der Waals surface area contributed by atoms with Crippen LogP contribution in [0.25, 0.3) is 0 Å². The third kappa shape index (κ3) is 3.98. The van der Waals surface area contributed by atoms with Gasteiger partial charge in [-0.15, -0.1) is 0 Å². The SMILES string of the molecule is CCNc1cc(NCC2CCCN2C)nc(SC)n1. The maximum atomic E-state index is 4.50. The first-order valence-corrected chi connectivity index (χ1v) is 8.06. The monoisotopic (exact) mass is 281 g/mol. The molecule has 2 N–H and O–H groups in total. The fourth-order valence-electron chi connectivity index (χ4n) is 2.34. The van der Waals surface area contributed by atoms with Crippen LogP contribution < -0.4 is 10.6 Å². The van der Waals surface area contributed by atoms with Crippen molar-refractivity contribution in [1.29, 1.82) is 0 Å². The van der Waals surface area contributed by atoms with E-state index in [1.54, 1.807) is 11.8 Å². The van der Waals surface area contributed by atoms with E-state index in [4.69, 9.17) is 0 Å². The third-order valence-electron chi connectivity index (χ3n) is 3.44. The summed E-state index contributed by atoms with van der Waals surface area (Å²) >= 11 is 1.57. The van der Waals surface area contributed by atoms with Gasteiger partial charge in [-0.1, -0.05) is 11.8 Å². The van der Waals surface area contributed by atoms with Crippen molar-refractivity contribution in [2.45, 2.75) is 31.0 Å². The van der Waals surface area contributed by atoms with Crippen LogP contribution in [0.5, 0.6) is 0 Å². The van der Waals surface area contributed by atoms with Crippen molar-refractivity contribution >= 4 is 23.4 Å². The van der Waals surface area contributed by atoms with E-state index in [1.165, 1.54) is 19.4 Å². The molecule has 1 saturated heterocycles. The van der Waals surface area contributed by atoms with Gasteiger partial charge in [-0.25, -0.2) is 9.97 Å². The van der Waals surface area contributed by atoms with Gasteiger partial charge in [0.15, 0.2) is 5.16 Å². The van der Waals surface area contributed by atoms with Gasteiger partial charge in [0.05, 0.1) is 0 Å². The molecule has 0 spiro atoms. The molecule has 0 radical (unpaired) electrons. The smallest absolute Gasteiger partial charge is 0.191 e. The molecule has 2 rings (SSSR count). The molecule has 0 saturated carbocycles. The van der Waals surface area contributed by atoms with Crippen molar-refractivity contribution in [1.82, 2.24) is 14.9 Å². The minimum absolute atomic E-state index is 0.621. The standard InChI is InChI=1S/C13H23N5S/c1-4-14-11-8-12(17-13(16-11)19-3)15-9-10-6-5-7-18(10)2/h8,10H,4-7,9H2,1-3H3,(H2,14,15,16,17). The molecular weight excluding hydrogens is 258 g/mol. The van der Waals surface area contributed by atoms with Crippen LogP contribution in [0.2, 0.25) is 0 Å². The average Bonchev–Trinajstić information content (AvgIpc) is 2.82. The van der Waals surface area contributed by atoms with Gasteiger partial charge in [0.1, 0.15) is 11.6 Å². The fraction of sp³-hybridized carbons (Fsp3) is 0.692. The van der Waals surface area contributed by atoms with Crippen LogP contribution in [-0.2, 0) is 0 Å². The van der Waals surface area contributed by atoms with Crippen LogP contribution in [0.15, 0.2) is 11.2 Å². The number of thioether (sulfide) groups is 1. The summed E-state index contributed by atoms with van der Waals surface area (Å²) in [6, 6.07) is 2.60. The minimum atomic E-state index is 0.621. The molecule has 0 bridgehead atoms. The maximum absolute atomic E-state index is 4.50. The van der Waals surface area contributed by atoms with E-state index in [0.717, 1.165) is 29.9 Å². The molecule has 1 aliphatic heterocycles. The number of likely N-dealkylation sites (tertiary alicyclic amines) is 1. The molecule has 1 fully saturated rings. The highest BCUT2D eigenvalue weighted by Gasteiger charge is 2.20. The van der Waals surface area contributed by atoms with E-state index < -0.39 is 0 Å². The molecule has 0 aromatic carbocycles. The fourth-order valence-corrected chi connectivity index (χ4v) is 2.72. The van der Waals surface area contributed by atoms with E-state index in [1.807, 2.05) is 12.3 Å². The Morgan fingerprint density at radius 2 is 2.11 bits per heavy atom. The van der Waals surface area contributed by atoms with Crippen molar-refractivity contribution in [2.75, 3.05) is 43.6 Å². The van der Waals surface area contributed by atoms with Gasteiger partial charge >= 0.3 is 0 Å². The molecule has 6 heteroatoms. The molecule has 0 aliphatic carbocycles. The number of hydrogen-bond donors (Lipinski definition) is 2. The Balaban J connectivity index is 2.00. The highest BCUT2D eigenvalue weighted by molar-refractivity contribution is 7.98. The van der Waals surface area contributed by atoms with E-state index >= 15 is 0 Å². The Morgan fingerprint density at radius 1 is 1.37 bits per heavy atom. The molecule has 1 unspecified atom stereocenters. The zero-order chi connectivity index (χ0) is 13.7. The Kier molecular flexibility index (Phi) is 5.27. The van der Waals surface area contributed by atoms with Crippen molar-refractivity contribution in [3.05, 3.63) is 6.07 Å². The summed E-state index contributed by atoms with van der Waals surface area (Å²) < 4.78 is 0. The van der Waals surface area contributed by atoms with E-state index in [-0.39, 0.29) is 0 Å². The van der Waals surface area contributed by atoms with E-state index in [9.17, 15) is 0 Å². The number of nitrogens with one attached hydrogen (secondary N) is 2. The van der Waals surface area contributed by atoms with Gasteiger partial charge in [0.25, 0.3) is 0 Å². The van der Waals surface area contributed by atoms with Crippen molar-refractivity contribution in [3.63, 3.8) is 0 Å². The van der Waals surface area contributed by atoms with Crippen molar-refractivity contribution in [3.8, 4) is 0 Å². The second-order valence-electron chi connectivity index (χ2n) is 4.81. The van der Waals surface area contributed by atoms with Crippen molar-refractivity contribution in [2.24, 2.45) is 0 Å². The predicted octanol–water partition coefficient (Wildman–Crippen LogP) is 2.14. The lowest BCUT2D eigenvalue weighted by Gasteiger charge is -2.20. The third-order valence-corrected chi connectivity index (χ3v) is 3.98. The first-order valence-electron chi connectivity index (χ1n) is 6.84. The van der Waals surface area contributed by atoms with Crippen LogP contribution in [0.3, 0.4) is 0 Å². The lowest BCUT2D eigenvalue weighted by atomic mass is 10.2. The van der Waals surface area contributed by atoms with Gasteiger partial charge in [0, 0.05) is 25.2 Å². The topological polar surface area (TPSA) is 53.1 Å². The lowest BCUT2D eigenvalue weighted by Crippen LogP contribution is -2.31. The highest BCUT2D eigenvalue weighted by atomic mass is 32.2. The highest BCUT2D eigenvalue weighted by Crippen LogP contribution is 2.19. The summed E-state index contributed by atoms with van der Waals surface area (Å²) in [5, 5.41) is 7.50. The molecule has 5 nitrogen and oxygen atoms in total. The van der Waals surface area contributed by atoms with Crippen LogP contribution in [0.1, 0.15) is 19.8 Å². The predicted molar refractivity (Wildman–Crippen MR) is 82.1 cm³/mol. The Labute approximate surface area is 119 Å². The summed E-state index contributed by atoms with van der Waals surface area (Å²) in [7, 11) is 2.19. The van der Waals surface area contributed by atoms with Crippen LogP contribution in [-0.4, -0.2) is 53.8 Å². The molecule has 19 heavy (non-hydrogen) atoms. The second kappa shape index (κ2) is 6.96. The van der Waals surface area contributed by atoms with Gasteiger partial charge in [-0.3, -0.25) is 0 Å². The normalized spacial score (nSPS) is 19.6. The van der Waals surface area contributed by atoms with E-state index in [2.05, 4.69) is 39.5 Å². The minimum Gasteiger partial charge on any atom is -0.370 e. The molecular formula is C13H23N5S. The zero-order valence-corrected chi connectivity index (χ0v) is 12.8. The first kappa shape index (κ1) is 14.4. The van der Waals surface area contributed by atoms with Gasteiger partial charge in [-0.2, -0.15) is 0 Å². The summed E-state index contributed by atoms with van der Waals surface area (Å²) in [5.74, 6) is 1.81. The Morgan fingerprint density at radius 3 is 2.68 bits per heavy atom. The van der Waals surface area contributed by atoms with Crippen LogP contribution in [0.4, 0.5) is 11.6 Å². The molecule has 1 aliphatic rings. The summed E-state index contributed by atoms with van der Waals surface area (Å²) in [4.78, 5) is 11.3. The number of nitrogens with zero attached hydrogens (tertiary/aromatic N) is 3. The average molecular weight is 281 g/mol. The van der Waals surface area contributed by atoms with Gasteiger partial charge in [-0.05, 0) is 39.6 Å². The maximum Gasteiger partial charge on any atom is 0.191 e. The summed E-state index contributed by atoms with van der Waals surface area (Å²) in [6.45, 7) is 5.10. The lowest BCUT2D eigenvalue weighted by molar-refractivity contribution is 0.322. The quantitative estimate of drug-likeness (QED) is 0.615.